The van der Waals surface area contributed by atoms with Gasteiger partial charge >= 0.3 is 0 Å². The van der Waals surface area contributed by atoms with Crippen LogP contribution in [0.2, 0.25) is 0 Å². The Morgan fingerprint density at radius 2 is 2.15 bits per heavy atom. The summed E-state index contributed by atoms with van der Waals surface area (Å²) in [6, 6.07) is 5.97. The van der Waals surface area contributed by atoms with Crippen LogP contribution in [0.25, 0.3) is 10.9 Å². The standard InChI is InChI=1S/C9H12N4/c1-13(2)7-5-3-4-6-8(7)9(10)12-11-6/h3-5H,1-2H3,(H3,10,11,12). The van der Waals surface area contributed by atoms with Crippen molar-refractivity contribution in [2.75, 3.05) is 24.7 Å². The van der Waals surface area contributed by atoms with E-state index in [0.29, 0.717) is 5.82 Å². The number of nitrogens with zero attached hydrogens (tertiary/aromatic N) is 2. The van der Waals surface area contributed by atoms with Crippen molar-refractivity contribution >= 4 is 22.4 Å². The van der Waals surface area contributed by atoms with Gasteiger partial charge in [0, 0.05) is 19.8 Å². The Morgan fingerprint density at radius 3 is 2.85 bits per heavy atom. The Kier molecular flexibility index (Phi) is 1.62. The van der Waals surface area contributed by atoms with Crippen LogP contribution < -0.4 is 10.6 Å². The van der Waals surface area contributed by atoms with E-state index < -0.39 is 0 Å². The van der Waals surface area contributed by atoms with Crippen molar-refractivity contribution in [1.82, 2.24) is 10.2 Å². The Morgan fingerprint density at radius 1 is 1.38 bits per heavy atom. The molecule has 0 fully saturated rings. The van der Waals surface area contributed by atoms with Gasteiger partial charge in [0.2, 0.25) is 0 Å². The lowest BCUT2D eigenvalue weighted by Gasteiger charge is -2.13. The number of rotatable bonds is 1. The van der Waals surface area contributed by atoms with Gasteiger partial charge in [-0.15, -0.1) is 0 Å². The predicted molar refractivity (Wildman–Crippen MR) is 54.8 cm³/mol. The first kappa shape index (κ1) is 7.91. The van der Waals surface area contributed by atoms with Gasteiger partial charge in [0.25, 0.3) is 0 Å². The monoisotopic (exact) mass is 176 g/mol. The molecule has 1 aromatic heterocycles. The second-order valence-electron chi connectivity index (χ2n) is 3.20. The number of aromatic amines is 1. The molecule has 0 saturated heterocycles. The largest absolute Gasteiger partial charge is 0.382 e. The molecule has 0 saturated carbocycles. The van der Waals surface area contributed by atoms with Crippen molar-refractivity contribution in [3.05, 3.63) is 18.2 Å². The third kappa shape index (κ3) is 1.11. The summed E-state index contributed by atoms with van der Waals surface area (Å²) in [7, 11) is 3.97. The van der Waals surface area contributed by atoms with Gasteiger partial charge in [-0.1, -0.05) is 6.07 Å². The minimum Gasteiger partial charge on any atom is -0.382 e. The second-order valence-corrected chi connectivity index (χ2v) is 3.20. The van der Waals surface area contributed by atoms with Gasteiger partial charge in [-0.25, -0.2) is 0 Å². The van der Waals surface area contributed by atoms with Crippen molar-refractivity contribution in [1.29, 1.82) is 0 Å². The van der Waals surface area contributed by atoms with Crippen LogP contribution in [0.4, 0.5) is 11.5 Å². The molecule has 4 nitrogen and oxygen atoms in total. The fourth-order valence-electron chi connectivity index (χ4n) is 1.45. The molecule has 0 aliphatic heterocycles. The Balaban J connectivity index is 2.80. The zero-order chi connectivity index (χ0) is 9.42. The molecule has 0 amide bonds. The Bertz CT molecular complexity index is 430. The van der Waals surface area contributed by atoms with Gasteiger partial charge in [0.1, 0.15) is 0 Å². The molecule has 2 aromatic rings. The van der Waals surface area contributed by atoms with Crippen molar-refractivity contribution in [3.63, 3.8) is 0 Å². The molecule has 4 heteroatoms. The number of fused-ring (bicyclic) bond motifs is 1. The molecule has 13 heavy (non-hydrogen) atoms. The van der Waals surface area contributed by atoms with E-state index in [9.17, 15) is 0 Å². The van der Waals surface area contributed by atoms with Gasteiger partial charge in [-0.3, -0.25) is 5.10 Å². The number of nitrogen functional groups attached to an aromatic ring is 1. The summed E-state index contributed by atoms with van der Waals surface area (Å²) >= 11 is 0. The molecule has 0 bridgehead atoms. The van der Waals surface area contributed by atoms with Crippen molar-refractivity contribution in [3.8, 4) is 0 Å². The smallest absolute Gasteiger partial charge is 0.155 e. The Labute approximate surface area is 76.3 Å². The second kappa shape index (κ2) is 2.65. The molecule has 0 radical (unpaired) electrons. The Hall–Kier alpha value is -1.71. The maximum atomic E-state index is 5.75. The zero-order valence-corrected chi connectivity index (χ0v) is 7.70. The van der Waals surface area contributed by atoms with Gasteiger partial charge in [-0.05, 0) is 12.1 Å². The first-order valence-corrected chi connectivity index (χ1v) is 4.10. The van der Waals surface area contributed by atoms with E-state index in [1.54, 1.807) is 0 Å². The van der Waals surface area contributed by atoms with E-state index in [0.717, 1.165) is 16.6 Å². The minimum atomic E-state index is 0.555. The number of benzene rings is 1. The highest BCUT2D eigenvalue weighted by molar-refractivity contribution is 5.99. The summed E-state index contributed by atoms with van der Waals surface area (Å²) in [5, 5.41) is 7.84. The average molecular weight is 176 g/mol. The number of nitrogens with one attached hydrogen (secondary N) is 1. The summed E-state index contributed by atoms with van der Waals surface area (Å²) in [6.07, 6.45) is 0. The van der Waals surface area contributed by atoms with Crippen LogP contribution >= 0.6 is 0 Å². The highest BCUT2D eigenvalue weighted by Gasteiger charge is 2.07. The SMILES string of the molecule is CN(C)c1cccc2[nH]nc(N)c12. The summed E-state index contributed by atoms with van der Waals surface area (Å²) in [4.78, 5) is 2.02. The summed E-state index contributed by atoms with van der Waals surface area (Å²) in [6.45, 7) is 0. The fraction of sp³-hybridized carbons (Fsp3) is 0.222. The third-order valence-corrected chi connectivity index (χ3v) is 2.08. The van der Waals surface area contributed by atoms with E-state index in [-0.39, 0.29) is 0 Å². The number of anilines is 2. The molecule has 1 aromatic carbocycles. The molecule has 0 aliphatic carbocycles. The molecule has 68 valence electrons. The summed E-state index contributed by atoms with van der Waals surface area (Å²) in [5.74, 6) is 0.555. The molecule has 3 N–H and O–H groups in total. The molecule has 0 atom stereocenters. The van der Waals surface area contributed by atoms with E-state index in [4.69, 9.17) is 5.73 Å². The molecular formula is C9H12N4. The normalized spacial score (nSPS) is 10.6. The van der Waals surface area contributed by atoms with Gasteiger partial charge in [0.05, 0.1) is 10.9 Å². The van der Waals surface area contributed by atoms with Gasteiger partial charge in [0.15, 0.2) is 5.82 Å². The highest BCUT2D eigenvalue weighted by Crippen LogP contribution is 2.27. The van der Waals surface area contributed by atoms with Crippen LogP contribution in [0, 0.1) is 0 Å². The number of hydrogen-bond donors (Lipinski definition) is 2. The van der Waals surface area contributed by atoms with Crippen molar-refractivity contribution in [2.45, 2.75) is 0 Å². The van der Waals surface area contributed by atoms with Gasteiger partial charge < -0.3 is 10.6 Å². The predicted octanol–water partition coefficient (Wildman–Crippen LogP) is 1.21. The van der Waals surface area contributed by atoms with E-state index in [2.05, 4.69) is 10.2 Å². The molecule has 2 rings (SSSR count). The first-order chi connectivity index (χ1) is 6.20. The molecular weight excluding hydrogens is 164 g/mol. The summed E-state index contributed by atoms with van der Waals surface area (Å²) < 4.78 is 0. The topological polar surface area (TPSA) is 57.9 Å². The maximum Gasteiger partial charge on any atom is 0.155 e. The number of H-pyrrole nitrogens is 1. The summed E-state index contributed by atoms with van der Waals surface area (Å²) in [5.41, 5.74) is 7.81. The molecule has 0 spiro atoms. The van der Waals surface area contributed by atoms with Crippen LogP contribution in [0.1, 0.15) is 0 Å². The fourth-order valence-corrected chi connectivity index (χ4v) is 1.45. The van der Waals surface area contributed by atoms with Gasteiger partial charge in [-0.2, -0.15) is 5.10 Å². The molecule has 0 unspecified atom stereocenters. The maximum absolute atomic E-state index is 5.75. The van der Waals surface area contributed by atoms with Crippen molar-refractivity contribution in [2.24, 2.45) is 0 Å². The highest BCUT2D eigenvalue weighted by atomic mass is 15.2. The molecule has 1 heterocycles. The zero-order valence-electron chi connectivity index (χ0n) is 7.70. The lowest BCUT2D eigenvalue weighted by molar-refractivity contribution is 1.13. The van der Waals surface area contributed by atoms with Crippen LogP contribution in [-0.4, -0.2) is 24.3 Å². The van der Waals surface area contributed by atoms with Crippen LogP contribution in [0.5, 0.6) is 0 Å². The number of hydrogen-bond acceptors (Lipinski definition) is 3. The van der Waals surface area contributed by atoms with Crippen LogP contribution in [0.15, 0.2) is 18.2 Å². The van der Waals surface area contributed by atoms with Crippen LogP contribution in [-0.2, 0) is 0 Å². The lowest BCUT2D eigenvalue weighted by atomic mass is 10.2. The average Bonchev–Trinajstić information content (AvgIpc) is 2.48. The van der Waals surface area contributed by atoms with E-state index in [1.165, 1.54) is 0 Å². The van der Waals surface area contributed by atoms with Crippen LogP contribution in [0.3, 0.4) is 0 Å². The minimum absolute atomic E-state index is 0.555. The van der Waals surface area contributed by atoms with E-state index >= 15 is 0 Å². The number of nitrogens with two attached hydrogens (primary N) is 1. The third-order valence-electron chi connectivity index (χ3n) is 2.08. The number of aromatic nitrogens is 2. The first-order valence-electron chi connectivity index (χ1n) is 4.10. The van der Waals surface area contributed by atoms with Crippen molar-refractivity contribution < 1.29 is 0 Å². The lowest BCUT2D eigenvalue weighted by Crippen LogP contribution is -2.09. The molecule has 0 aliphatic rings. The quantitative estimate of drug-likeness (QED) is 0.686. The van der Waals surface area contributed by atoms with E-state index in [1.807, 2.05) is 37.2 Å².